The van der Waals surface area contributed by atoms with Crippen LogP contribution in [0.25, 0.3) is 11.1 Å². The zero-order valence-electron chi connectivity index (χ0n) is 21.0. The fourth-order valence-corrected chi connectivity index (χ4v) is 4.68. The summed E-state index contributed by atoms with van der Waals surface area (Å²) in [5.74, 6) is -1.76. The second kappa shape index (κ2) is 11.6. The van der Waals surface area contributed by atoms with E-state index in [2.05, 4.69) is 24.5 Å². The molecule has 0 spiro atoms. The highest BCUT2D eigenvalue weighted by atomic mass is 35.5. The van der Waals surface area contributed by atoms with Gasteiger partial charge in [0.05, 0.1) is 5.56 Å². The molecule has 0 aromatic heterocycles. The highest BCUT2D eigenvalue weighted by molar-refractivity contribution is 6.36. The monoisotopic (exact) mass is 535 g/mol. The number of rotatable bonds is 7. The Bertz CT molecular complexity index is 1370. The first-order valence-corrected chi connectivity index (χ1v) is 12.6. The highest BCUT2D eigenvalue weighted by Crippen LogP contribution is 2.31. The van der Waals surface area contributed by atoms with Gasteiger partial charge in [0.25, 0.3) is 0 Å². The molecule has 196 valence electrons. The molecule has 1 aliphatic heterocycles. The largest absolute Gasteiger partial charge is 0.324 e. The molecule has 1 fully saturated rings. The molecule has 0 aliphatic carbocycles. The van der Waals surface area contributed by atoms with Crippen LogP contribution in [0.5, 0.6) is 0 Å². The number of halogens is 2. The second-order valence-electron chi connectivity index (χ2n) is 9.42. The maximum atomic E-state index is 14.3. The molecule has 1 aliphatic rings. The van der Waals surface area contributed by atoms with Crippen molar-refractivity contribution in [3.63, 3.8) is 0 Å². The van der Waals surface area contributed by atoms with Crippen molar-refractivity contribution in [3.05, 3.63) is 82.6 Å². The van der Waals surface area contributed by atoms with E-state index in [-0.39, 0.29) is 23.2 Å². The van der Waals surface area contributed by atoms with Gasteiger partial charge in [0.15, 0.2) is 6.29 Å². The van der Waals surface area contributed by atoms with Crippen molar-refractivity contribution >= 4 is 47.0 Å². The molecule has 9 heteroatoms. The molecule has 4 rings (SSSR count). The summed E-state index contributed by atoms with van der Waals surface area (Å²) in [6.45, 7) is 4.67. The molecule has 1 atom stereocenters. The predicted molar refractivity (Wildman–Crippen MR) is 145 cm³/mol. The number of amides is 3. The fraction of sp³-hybridized carbons (Fsp3) is 0.241. The van der Waals surface area contributed by atoms with Gasteiger partial charge in [0.1, 0.15) is 11.9 Å². The fourth-order valence-electron chi connectivity index (χ4n) is 4.41. The lowest BCUT2D eigenvalue weighted by Crippen LogP contribution is -2.45. The van der Waals surface area contributed by atoms with Crippen LogP contribution in [0.15, 0.2) is 60.7 Å². The molecule has 0 saturated carbocycles. The number of carbonyl (C=O) groups excluding carboxylic acids is 4. The van der Waals surface area contributed by atoms with Crippen molar-refractivity contribution in [2.75, 3.05) is 17.2 Å². The molecule has 0 bridgehead atoms. The standard InChI is InChI=1S/C29H27ClFN3O4/c1-17(2)18-5-9-21(10-6-18)33-29(38)34-13-3-4-26(34)28(37)32-20-11-7-19(8-12-20)22-15-25(31)23(14-24(22)30)27(36)16-35/h5-12,14-17,26H,3-4,13H2,1-2H3,(H,32,37)(H,33,38)/t26-/m1/s1. The number of ketones is 1. The molecule has 3 aromatic rings. The summed E-state index contributed by atoms with van der Waals surface area (Å²) in [7, 11) is 0. The Labute approximate surface area is 225 Å². The lowest BCUT2D eigenvalue weighted by Gasteiger charge is -2.24. The lowest BCUT2D eigenvalue weighted by molar-refractivity contribution is -0.119. The smallest absolute Gasteiger partial charge is 0.322 e. The van der Waals surface area contributed by atoms with Crippen molar-refractivity contribution < 1.29 is 23.6 Å². The van der Waals surface area contributed by atoms with Gasteiger partial charge in [0.2, 0.25) is 11.7 Å². The average molecular weight is 536 g/mol. The first kappa shape index (κ1) is 27.0. The van der Waals surface area contributed by atoms with E-state index in [1.807, 2.05) is 24.3 Å². The van der Waals surface area contributed by atoms with E-state index >= 15 is 0 Å². The summed E-state index contributed by atoms with van der Waals surface area (Å²) in [5.41, 5.74) is 2.84. The van der Waals surface area contributed by atoms with Crippen LogP contribution in [0.2, 0.25) is 5.02 Å². The third kappa shape index (κ3) is 5.92. The number of nitrogens with zero attached hydrogens (tertiary/aromatic N) is 1. The molecule has 1 heterocycles. The Morgan fingerprint density at radius 1 is 1.00 bits per heavy atom. The summed E-state index contributed by atoms with van der Waals surface area (Å²) >= 11 is 6.22. The van der Waals surface area contributed by atoms with Gasteiger partial charge in [-0.1, -0.05) is 49.7 Å². The second-order valence-corrected chi connectivity index (χ2v) is 9.83. The molecule has 7 nitrogen and oxygen atoms in total. The van der Waals surface area contributed by atoms with Crippen LogP contribution in [0.3, 0.4) is 0 Å². The molecule has 1 saturated heterocycles. The van der Waals surface area contributed by atoms with E-state index in [0.29, 0.717) is 47.8 Å². The zero-order valence-corrected chi connectivity index (χ0v) is 21.7. The minimum Gasteiger partial charge on any atom is -0.324 e. The van der Waals surface area contributed by atoms with Gasteiger partial charge in [0, 0.05) is 28.5 Å². The quantitative estimate of drug-likeness (QED) is 0.211. The molecular formula is C29H27ClFN3O4. The molecule has 38 heavy (non-hydrogen) atoms. The summed E-state index contributed by atoms with van der Waals surface area (Å²) < 4.78 is 14.3. The predicted octanol–water partition coefficient (Wildman–Crippen LogP) is 6.29. The summed E-state index contributed by atoms with van der Waals surface area (Å²) in [6, 6.07) is 15.5. The molecule has 3 amide bonds. The molecule has 3 aromatic carbocycles. The van der Waals surface area contributed by atoms with Gasteiger partial charge >= 0.3 is 6.03 Å². The van der Waals surface area contributed by atoms with E-state index < -0.39 is 23.2 Å². The van der Waals surface area contributed by atoms with Crippen LogP contribution >= 0.6 is 11.6 Å². The number of hydrogen-bond donors (Lipinski definition) is 2. The number of aldehydes is 1. The molecule has 2 N–H and O–H groups in total. The van der Waals surface area contributed by atoms with Crippen molar-refractivity contribution in [1.82, 2.24) is 4.90 Å². The van der Waals surface area contributed by atoms with Crippen molar-refractivity contribution in [2.45, 2.75) is 38.6 Å². The first-order valence-electron chi connectivity index (χ1n) is 12.3. The van der Waals surface area contributed by atoms with Crippen LogP contribution in [0.4, 0.5) is 20.6 Å². The summed E-state index contributed by atoms with van der Waals surface area (Å²) in [6.07, 6.45) is 1.29. The van der Waals surface area contributed by atoms with E-state index in [1.54, 1.807) is 24.3 Å². The number of anilines is 2. The number of benzene rings is 3. The Kier molecular flexibility index (Phi) is 8.22. The number of hydrogen-bond acceptors (Lipinski definition) is 4. The van der Waals surface area contributed by atoms with Crippen LogP contribution in [-0.4, -0.2) is 41.5 Å². The number of Topliss-reactive ketones (excluding diaryl/α,β-unsaturated/α-hetero) is 1. The zero-order chi connectivity index (χ0) is 27.4. The van der Waals surface area contributed by atoms with Crippen LogP contribution < -0.4 is 10.6 Å². The molecular weight excluding hydrogens is 509 g/mol. The Morgan fingerprint density at radius 2 is 1.63 bits per heavy atom. The summed E-state index contributed by atoms with van der Waals surface area (Å²) in [4.78, 5) is 49.7. The normalized spacial score (nSPS) is 14.9. The highest BCUT2D eigenvalue weighted by Gasteiger charge is 2.34. The number of nitrogens with one attached hydrogen (secondary N) is 2. The molecule has 0 radical (unpaired) electrons. The average Bonchev–Trinajstić information content (AvgIpc) is 3.41. The minimum atomic E-state index is -0.993. The third-order valence-electron chi connectivity index (χ3n) is 6.54. The van der Waals surface area contributed by atoms with E-state index in [4.69, 9.17) is 11.6 Å². The number of carbonyl (C=O) groups is 4. The van der Waals surface area contributed by atoms with E-state index in [0.717, 1.165) is 12.1 Å². The van der Waals surface area contributed by atoms with Gasteiger partial charge < -0.3 is 15.5 Å². The van der Waals surface area contributed by atoms with Gasteiger partial charge in [-0.25, -0.2) is 9.18 Å². The Balaban J connectivity index is 1.42. The van der Waals surface area contributed by atoms with Gasteiger partial charge in [-0.15, -0.1) is 0 Å². The minimum absolute atomic E-state index is 0.0328. The molecule has 0 unspecified atom stereocenters. The van der Waals surface area contributed by atoms with Crippen molar-refractivity contribution in [2.24, 2.45) is 0 Å². The maximum Gasteiger partial charge on any atom is 0.322 e. The van der Waals surface area contributed by atoms with Gasteiger partial charge in [-0.2, -0.15) is 0 Å². The maximum absolute atomic E-state index is 14.3. The van der Waals surface area contributed by atoms with Gasteiger partial charge in [-0.05, 0) is 66.3 Å². The number of urea groups is 1. The van der Waals surface area contributed by atoms with E-state index in [1.165, 1.54) is 10.5 Å². The van der Waals surface area contributed by atoms with Crippen LogP contribution in [0.1, 0.15) is 48.5 Å². The number of likely N-dealkylation sites (tertiary alicyclic amines) is 1. The Hall–Kier alpha value is -4.04. The lowest BCUT2D eigenvalue weighted by atomic mass is 10.0. The Morgan fingerprint density at radius 3 is 2.26 bits per heavy atom. The first-order chi connectivity index (χ1) is 18.2. The van der Waals surface area contributed by atoms with Crippen molar-refractivity contribution in [1.29, 1.82) is 0 Å². The van der Waals surface area contributed by atoms with Gasteiger partial charge in [-0.3, -0.25) is 14.4 Å². The third-order valence-corrected chi connectivity index (χ3v) is 6.85. The topological polar surface area (TPSA) is 95.6 Å². The summed E-state index contributed by atoms with van der Waals surface area (Å²) in [5, 5.41) is 5.82. The SMILES string of the molecule is CC(C)c1ccc(NC(=O)N2CCC[C@@H]2C(=O)Nc2ccc(-c3cc(F)c(C(=O)C=O)cc3Cl)cc2)cc1. The van der Waals surface area contributed by atoms with Crippen LogP contribution in [-0.2, 0) is 9.59 Å². The van der Waals surface area contributed by atoms with Crippen LogP contribution in [0, 0.1) is 5.82 Å². The van der Waals surface area contributed by atoms with E-state index in [9.17, 15) is 23.6 Å². The van der Waals surface area contributed by atoms with Crippen molar-refractivity contribution in [3.8, 4) is 11.1 Å².